The lowest BCUT2D eigenvalue weighted by molar-refractivity contribution is 0.389. The summed E-state index contributed by atoms with van der Waals surface area (Å²) in [4.78, 5) is 0. The third-order valence-electron chi connectivity index (χ3n) is 2.91. The molecule has 0 spiro atoms. The van der Waals surface area contributed by atoms with Gasteiger partial charge in [0.25, 0.3) is 0 Å². The summed E-state index contributed by atoms with van der Waals surface area (Å²) >= 11 is 2.04. The van der Waals surface area contributed by atoms with Crippen molar-refractivity contribution >= 4 is 11.8 Å². The zero-order valence-electron chi connectivity index (χ0n) is 9.52. The SMILES string of the molecule is NCCCc1nnc(CC2CCSCC2)o1. The first-order valence-electron chi connectivity index (χ1n) is 5.97. The maximum atomic E-state index is 5.60. The zero-order valence-corrected chi connectivity index (χ0v) is 10.3. The average molecular weight is 241 g/mol. The Morgan fingerprint density at radius 2 is 2.00 bits per heavy atom. The molecule has 1 aliphatic heterocycles. The molecule has 1 aromatic heterocycles. The number of hydrogen-bond acceptors (Lipinski definition) is 5. The first-order valence-corrected chi connectivity index (χ1v) is 7.13. The molecule has 0 unspecified atom stereocenters. The van der Waals surface area contributed by atoms with Gasteiger partial charge in [-0.05, 0) is 43.2 Å². The summed E-state index contributed by atoms with van der Waals surface area (Å²) < 4.78 is 5.60. The van der Waals surface area contributed by atoms with E-state index < -0.39 is 0 Å². The molecular formula is C11H19N3OS. The topological polar surface area (TPSA) is 64.9 Å². The van der Waals surface area contributed by atoms with Crippen molar-refractivity contribution in [2.24, 2.45) is 11.7 Å². The second-order valence-electron chi connectivity index (χ2n) is 4.24. The minimum atomic E-state index is 0.678. The number of aromatic nitrogens is 2. The van der Waals surface area contributed by atoms with Crippen molar-refractivity contribution in [2.75, 3.05) is 18.1 Å². The number of rotatable bonds is 5. The zero-order chi connectivity index (χ0) is 11.2. The lowest BCUT2D eigenvalue weighted by atomic mass is 9.99. The van der Waals surface area contributed by atoms with Crippen LogP contribution in [0.15, 0.2) is 4.42 Å². The third kappa shape index (κ3) is 3.49. The van der Waals surface area contributed by atoms with E-state index in [-0.39, 0.29) is 0 Å². The summed E-state index contributed by atoms with van der Waals surface area (Å²) in [7, 11) is 0. The van der Waals surface area contributed by atoms with Crippen LogP contribution in [0.4, 0.5) is 0 Å². The van der Waals surface area contributed by atoms with Gasteiger partial charge in [0, 0.05) is 12.8 Å². The molecule has 0 atom stereocenters. The molecule has 0 bridgehead atoms. The molecule has 1 fully saturated rings. The lowest BCUT2D eigenvalue weighted by Gasteiger charge is -2.19. The van der Waals surface area contributed by atoms with Crippen LogP contribution in [0.3, 0.4) is 0 Å². The summed E-state index contributed by atoms with van der Waals surface area (Å²) in [6.45, 7) is 0.678. The monoisotopic (exact) mass is 241 g/mol. The van der Waals surface area contributed by atoms with Gasteiger partial charge in [-0.3, -0.25) is 0 Å². The highest BCUT2D eigenvalue weighted by Crippen LogP contribution is 2.25. The number of hydrogen-bond donors (Lipinski definition) is 1. The fourth-order valence-corrected chi connectivity index (χ4v) is 3.13. The van der Waals surface area contributed by atoms with Gasteiger partial charge in [0.05, 0.1) is 0 Å². The fraction of sp³-hybridized carbons (Fsp3) is 0.818. The van der Waals surface area contributed by atoms with Gasteiger partial charge in [-0.15, -0.1) is 10.2 Å². The van der Waals surface area contributed by atoms with E-state index in [1.807, 2.05) is 11.8 Å². The van der Waals surface area contributed by atoms with Crippen molar-refractivity contribution in [1.29, 1.82) is 0 Å². The molecule has 0 aromatic carbocycles. The molecule has 2 heterocycles. The van der Waals surface area contributed by atoms with E-state index >= 15 is 0 Å². The number of aryl methyl sites for hydroxylation is 1. The molecule has 2 rings (SSSR count). The van der Waals surface area contributed by atoms with E-state index in [9.17, 15) is 0 Å². The molecule has 0 aliphatic carbocycles. The molecule has 4 nitrogen and oxygen atoms in total. The molecule has 1 aromatic rings. The van der Waals surface area contributed by atoms with Crippen molar-refractivity contribution in [3.63, 3.8) is 0 Å². The molecule has 5 heteroatoms. The van der Waals surface area contributed by atoms with Crippen LogP contribution in [0.2, 0.25) is 0 Å². The predicted octanol–water partition coefficient (Wildman–Crippen LogP) is 1.65. The van der Waals surface area contributed by atoms with E-state index in [1.165, 1.54) is 24.3 Å². The van der Waals surface area contributed by atoms with Crippen LogP contribution >= 0.6 is 11.8 Å². The van der Waals surface area contributed by atoms with E-state index in [2.05, 4.69) is 10.2 Å². The quantitative estimate of drug-likeness (QED) is 0.849. The van der Waals surface area contributed by atoms with E-state index in [0.29, 0.717) is 6.54 Å². The van der Waals surface area contributed by atoms with Gasteiger partial charge in [0.15, 0.2) is 0 Å². The third-order valence-corrected chi connectivity index (χ3v) is 3.96. The molecule has 0 radical (unpaired) electrons. The number of nitrogens with zero attached hydrogens (tertiary/aromatic N) is 2. The molecule has 0 amide bonds. The second kappa shape index (κ2) is 6.25. The molecule has 1 saturated heterocycles. The largest absolute Gasteiger partial charge is 0.425 e. The Kier molecular flexibility index (Phi) is 4.66. The first kappa shape index (κ1) is 11.9. The Morgan fingerprint density at radius 1 is 1.25 bits per heavy atom. The van der Waals surface area contributed by atoms with Crippen LogP contribution in [0.1, 0.15) is 31.0 Å². The van der Waals surface area contributed by atoms with Crippen LogP contribution in [-0.4, -0.2) is 28.2 Å². The molecular weight excluding hydrogens is 222 g/mol. The van der Waals surface area contributed by atoms with E-state index in [1.54, 1.807) is 0 Å². The summed E-state index contributed by atoms with van der Waals surface area (Å²) in [6.07, 6.45) is 5.25. The highest BCUT2D eigenvalue weighted by Gasteiger charge is 2.17. The van der Waals surface area contributed by atoms with Crippen molar-refractivity contribution in [2.45, 2.75) is 32.1 Å². The van der Waals surface area contributed by atoms with E-state index in [4.69, 9.17) is 10.2 Å². The second-order valence-corrected chi connectivity index (χ2v) is 5.47. The van der Waals surface area contributed by atoms with Gasteiger partial charge < -0.3 is 10.2 Å². The van der Waals surface area contributed by atoms with Gasteiger partial charge in [0.2, 0.25) is 11.8 Å². The smallest absolute Gasteiger partial charge is 0.216 e. The molecule has 1 aliphatic rings. The Morgan fingerprint density at radius 3 is 2.75 bits per heavy atom. The highest BCUT2D eigenvalue weighted by atomic mass is 32.2. The first-order chi connectivity index (χ1) is 7.88. The fourth-order valence-electron chi connectivity index (χ4n) is 1.92. The van der Waals surface area contributed by atoms with Crippen molar-refractivity contribution in [1.82, 2.24) is 10.2 Å². The van der Waals surface area contributed by atoms with Crippen LogP contribution in [0, 0.1) is 5.92 Å². The maximum absolute atomic E-state index is 5.60. The van der Waals surface area contributed by atoms with E-state index in [0.717, 1.165) is 37.0 Å². The van der Waals surface area contributed by atoms with Gasteiger partial charge in [0.1, 0.15) is 0 Å². The normalized spacial score (nSPS) is 17.8. The molecule has 90 valence electrons. The summed E-state index contributed by atoms with van der Waals surface area (Å²) in [5, 5.41) is 8.14. The predicted molar refractivity (Wildman–Crippen MR) is 65.4 cm³/mol. The Balaban J connectivity index is 1.81. The standard InChI is InChI=1S/C11H19N3OS/c12-5-1-2-10-13-14-11(15-10)8-9-3-6-16-7-4-9/h9H,1-8,12H2. The van der Waals surface area contributed by atoms with Crippen LogP contribution in [0.5, 0.6) is 0 Å². The minimum Gasteiger partial charge on any atom is -0.425 e. The van der Waals surface area contributed by atoms with Gasteiger partial charge in [-0.2, -0.15) is 11.8 Å². The Labute approximate surface area is 100 Å². The average Bonchev–Trinajstić information content (AvgIpc) is 2.75. The molecule has 16 heavy (non-hydrogen) atoms. The van der Waals surface area contributed by atoms with Gasteiger partial charge >= 0.3 is 0 Å². The maximum Gasteiger partial charge on any atom is 0.216 e. The van der Waals surface area contributed by atoms with Gasteiger partial charge in [-0.25, -0.2) is 0 Å². The summed E-state index contributed by atoms with van der Waals surface area (Å²) in [5.41, 5.74) is 5.44. The Bertz CT molecular complexity index is 310. The van der Waals surface area contributed by atoms with Crippen molar-refractivity contribution < 1.29 is 4.42 Å². The molecule has 0 saturated carbocycles. The molecule has 2 N–H and O–H groups in total. The van der Waals surface area contributed by atoms with Gasteiger partial charge in [-0.1, -0.05) is 0 Å². The Hall–Kier alpha value is -0.550. The van der Waals surface area contributed by atoms with Crippen molar-refractivity contribution in [3.8, 4) is 0 Å². The van der Waals surface area contributed by atoms with Crippen LogP contribution in [0.25, 0.3) is 0 Å². The lowest BCUT2D eigenvalue weighted by Crippen LogP contribution is -2.12. The van der Waals surface area contributed by atoms with Crippen molar-refractivity contribution in [3.05, 3.63) is 11.8 Å². The summed E-state index contributed by atoms with van der Waals surface area (Å²) in [5.74, 6) is 4.84. The number of thioether (sulfide) groups is 1. The van der Waals surface area contributed by atoms with Crippen LogP contribution in [-0.2, 0) is 12.8 Å². The number of nitrogens with two attached hydrogens (primary N) is 1. The highest BCUT2D eigenvalue weighted by molar-refractivity contribution is 7.99. The minimum absolute atomic E-state index is 0.678. The summed E-state index contributed by atoms with van der Waals surface area (Å²) in [6, 6.07) is 0. The van der Waals surface area contributed by atoms with Crippen LogP contribution < -0.4 is 5.73 Å².